The van der Waals surface area contributed by atoms with Crippen molar-refractivity contribution >= 4 is 34.6 Å². The van der Waals surface area contributed by atoms with Crippen LogP contribution in [0.15, 0.2) is 83.9 Å². The van der Waals surface area contributed by atoms with Crippen LogP contribution in [-0.2, 0) is 16.1 Å². The zero-order chi connectivity index (χ0) is 19.5. The molecular weight excluding hydrogens is 350 g/mol. The van der Waals surface area contributed by atoms with Gasteiger partial charge in [-0.1, -0.05) is 54.6 Å². The first kappa shape index (κ1) is 17.7. The number of fused-ring (bicyclic) bond motifs is 1. The topological polar surface area (TPSA) is 61.8 Å². The van der Waals surface area contributed by atoms with Crippen molar-refractivity contribution in [2.45, 2.75) is 13.5 Å². The molecule has 28 heavy (non-hydrogen) atoms. The zero-order valence-electron chi connectivity index (χ0n) is 15.4. The quantitative estimate of drug-likeness (QED) is 0.745. The highest BCUT2D eigenvalue weighted by atomic mass is 16.2. The largest absolute Gasteiger partial charge is 0.326 e. The third-order valence-electron chi connectivity index (χ3n) is 4.49. The highest BCUT2D eigenvalue weighted by Crippen LogP contribution is 2.32. The lowest BCUT2D eigenvalue weighted by Crippen LogP contribution is -2.29. The summed E-state index contributed by atoms with van der Waals surface area (Å²) in [7, 11) is 0. The molecule has 1 N–H and O–H groups in total. The van der Waals surface area contributed by atoms with Crippen LogP contribution in [0, 0.1) is 0 Å². The molecule has 0 saturated carbocycles. The minimum atomic E-state index is -0.152. The van der Waals surface area contributed by atoms with Gasteiger partial charge in [0.2, 0.25) is 5.91 Å². The van der Waals surface area contributed by atoms with E-state index in [1.54, 1.807) is 23.1 Å². The molecule has 0 aliphatic carbocycles. The maximum Gasteiger partial charge on any atom is 0.277 e. The van der Waals surface area contributed by atoms with E-state index in [0.29, 0.717) is 23.6 Å². The smallest absolute Gasteiger partial charge is 0.277 e. The van der Waals surface area contributed by atoms with Crippen LogP contribution in [-0.4, -0.2) is 17.5 Å². The molecule has 5 heteroatoms. The van der Waals surface area contributed by atoms with Crippen LogP contribution in [0.5, 0.6) is 0 Å². The molecule has 0 unspecified atom stereocenters. The molecule has 3 aromatic carbocycles. The fourth-order valence-corrected chi connectivity index (χ4v) is 3.28. The summed E-state index contributed by atoms with van der Waals surface area (Å²) in [6.07, 6.45) is 0. The number of carbonyl (C=O) groups is 2. The molecule has 5 nitrogen and oxygen atoms in total. The maximum absolute atomic E-state index is 13.2. The van der Waals surface area contributed by atoms with E-state index in [4.69, 9.17) is 0 Å². The Labute approximate surface area is 163 Å². The standard InChI is InChI=1S/C23H19N3O2/c1-16(27)24-18-10-7-11-19(14-18)25-22-20-12-5-6-13-21(20)26(23(22)28)15-17-8-3-2-4-9-17/h2-14H,15H2,1H3,(H,24,27). The molecule has 0 saturated heterocycles. The van der Waals surface area contributed by atoms with E-state index < -0.39 is 0 Å². The van der Waals surface area contributed by atoms with Gasteiger partial charge in [0, 0.05) is 18.2 Å². The van der Waals surface area contributed by atoms with E-state index in [1.165, 1.54) is 6.92 Å². The van der Waals surface area contributed by atoms with Crippen molar-refractivity contribution in [3.63, 3.8) is 0 Å². The van der Waals surface area contributed by atoms with Crippen molar-refractivity contribution < 1.29 is 9.59 Å². The Morgan fingerprint density at radius 2 is 1.71 bits per heavy atom. The summed E-state index contributed by atoms with van der Waals surface area (Å²) in [4.78, 5) is 30.8. The van der Waals surface area contributed by atoms with E-state index in [1.807, 2.05) is 60.7 Å². The third kappa shape index (κ3) is 3.55. The number of nitrogens with zero attached hydrogens (tertiary/aromatic N) is 2. The van der Waals surface area contributed by atoms with E-state index in [2.05, 4.69) is 10.3 Å². The minimum Gasteiger partial charge on any atom is -0.326 e. The fraction of sp³-hybridized carbons (Fsp3) is 0.0870. The van der Waals surface area contributed by atoms with Gasteiger partial charge in [0.15, 0.2) is 0 Å². The Bertz CT molecular complexity index is 1070. The molecule has 3 aromatic rings. The van der Waals surface area contributed by atoms with Gasteiger partial charge in [-0.15, -0.1) is 0 Å². The predicted octanol–water partition coefficient (Wildman–Crippen LogP) is 4.31. The highest BCUT2D eigenvalue weighted by molar-refractivity contribution is 6.54. The average Bonchev–Trinajstić information content (AvgIpc) is 2.95. The minimum absolute atomic E-state index is 0.130. The van der Waals surface area contributed by atoms with Gasteiger partial charge < -0.3 is 10.2 Å². The summed E-state index contributed by atoms with van der Waals surface area (Å²) in [6, 6.07) is 24.7. The van der Waals surface area contributed by atoms with Crippen LogP contribution in [0.1, 0.15) is 18.1 Å². The summed E-state index contributed by atoms with van der Waals surface area (Å²) < 4.78 is 0. The molecule has 1 aliphatic rings. The van der Waals surface area contributed by atoms with Gasteiger partial charge in [-0.2, -0.15) is 0 Å². The second kappa shape index (κ2) is 7.48. The van der Waals surface area contributed by atoms with Crippen molar-refractivity contribution in [2.75, 3.05) is 10.2 Å². The number of para-hydroxylation sites is 1. The Morgan fingerprint density at radius 3 is 2.50 bits per heavy atom. The number of carbonyl (C=O) groups excluding carboxylic acids is 2. The molecule has 1 aliphatic heterocycles. The SMILES string of the molecule is CC(=O)Nc1cccc(N=C2C(=O)N(Cc3ccccc3)c3ccccc32)c1. The molecule has 138 valence electrons. The third-order valence-corrected chi connectivity index (χ3v) is 4.49. The Hall–Kier alpha value is -3.73. The summed E-state index contributed by atoms with van der Waals surface area (Å²) in [5.74, 6) is -0.281. The van der Waals surface area contributed by atoms with E-state index in [-0.39, 0.29) is 11.8 Å². The van der Waals surface area contributed by atoms with Gasteiger partial charge in [-0.3, -0.25) is 9.59 Å². The molecule has 0 fully saturated rings. The summed E-state index contributed by atoms with van der Waals surface area (Å²) in [5.41, 5.74) is 4.40. The molecule has 4 rings (SSSR count). The average molecular weight is 369 g/mol. The monoisotopic (exact) mass is 369 g/mol. The maximum atomic E-state index is 13.2. The Balaban J connectivity index is 1.71. The predicted molar refractivity (Wildman–Crippen MR) is 111 cm³/mol. The lowest BCUT2D eigenvalue weighted by atomic mass is 10.1. The first-order valence-corrected chi connectivity index (χ1v) is 9.03. The van der Waals surface area contributed by atoms with Gasteiger partial charge in [0.05, 0.1) is 17.9 Å². The van der Waals surface area contributed by atoms with Crippen LogP contribution >= 0.6 is 0 Å². The molecule has 0 radical (unpaired) electrons. The normalized spacial score (nSPS) is 14.2. The van der Waals surface area contributed by atoms with Crippen molar-refractivity contribution in [1.82, 2.24) is 0 Å². The Kier molecular flexibility index (Phi) is 4.72. The molecule has 0 bridgehead atoms. The summed E-state index contributed by atoms with van der Waals surface area (Å²) in [5, 5.41) is 2.74. The molecule has 2 amide bonds. The molecule has 0 aromatic heterocycles. The highest BCUT2D eigenvalue weighted by Gasteiger charge is 2.33. The lowest BCUT2D eigenvalue weighted by Gasteiger charge is -2.16. The van der Waals surface area contributed by atoms with E-state index in [9.17, 15) is 9.59 Å². The number of nitrogens with one attached hydrogen (secondary N) is 1. The second-order valence-electron chi connectivity index (χ2n) is 6.59. The van der Waals surface area contributed by atoms with Gasteiger partial charge in [-0.05, 0) is 29.8 Å². The van der Waals surface area contributed by atoms with Gasteiger partial charge >= 0.3 is 0 Å². The number of aliphatic imine (C=N–C) groups is 1. The van der Waals surface area contributed by atoms with Crippen LogP contribution in [0.2, 0.25) is 0 Å². The lowest BCUT2D eigenvalue weighted by molar-refractivity contribution is -0.114. The number of amides is 2. The number of hydrogen-bond donors (Lipinski definition) is 1. The zero-order valence-corrected chi connectivity index (χ0v) is 15.4. The van der Waals surface area contributed by atoms with Crippen molar-refractivity contribution in [3.8, 4) is 0 Å². The Morgan fingerprint density at radius 1 is 0.964 bits per heavy atom. The van der Waals surface area contributed by atoms with Crippen LogP contribution < -0.4 is 10.2 Å². The first-order valence-electron chi connectivity index (χ1n) is 9.03. The number of hydrogen-bond acceptors (Lipinski definition) is 3. The van der Waals surface area contributed by atoms with Gasteiger partial charge in [0.25, 0.3) is 5.91 Å². The molecule has 0 atom stereocenters. The van der Waals surface area contributed by atoms with Crippen LogP contribution in [0.4, 0.5) is 17.1 Å². The summed E-state index contributed by atoms with van der Waals surface area (Å²) >= 11 is 0. The van der Waals surface area contributed by atoms with Crippen molar-refractivity contribution in [1.29, 1.82) is 0 Å². The number of benzene rings is 3. The number of rotatable bonds is 4. The van der Waals surface area contributed by atoms with E-state index in [0.717, 1.165) is 16.8 Å². The number of anilines is 2. The van der Waals surface area contributed by atoms with E-state index >= 15 is 0 Å². The van der Waals surface area contributed by atoms with Gasteiger partial charge in [0.1, 0.15) is 5.71 Å². The molecule has 1 heterocycles. The molecule has 0 spiro atoms. The van der Waals surface area contributed by atoms with Crippen LogP contribution in [0.25, 0.3) is 0 Å². The van der Waals surface area contributed by atoms with Crippen molar-refractivity contribution in [3.05, 3.63) is 90.0 Å². The van der Waals surface area contributed by atoms with Crippen molar-refractivity contribution in [2.24, 2.45) is 4.99 Å². The molecular formula is C23H19N3O2. The summed E-state index contributed by atoms with van der Waals surface area (Å²) in [6.45, 7) is 1.94. The van der Waals surface area contributed by atoms with Crippen LogP contribution in [0.3, 0.4) is 0 Å². The van der Waals surface area contributed by atoms with Gasteiger partial charge in [-0.25, -0.2) is 4.99 Å². The first-order chi connectivity index (χ1) is 13.6. The second-order valence-corrected chi connectivity index (χ2v) is 6.59. The fourth-order valence-electron chi connectivity index (χ4n) is 3.28.